The molecule has 0 aliphatic carbocycles. The monoisotopic (exact) mass is 410 g/mol. The summed E-state index contributed by atoms with van der Waals surface area (Å²) in [5.41, 5.74) is 4.14. The molecule has 1 amide bonds. The van der Waals surface area contributed by atoms with Gasteiger partial charge in [-0.1, -0.05) is 17.8 Å². The number of aromatic nitrogens is 5. The highest BCUT2D eigenvalue weighted by molar-refractivity contribution is 7.99. The second-order valence-electron chi connectivity index (χ2n) is 7.16. The second kappa shape index (κ2) is 8.20. The third-order valence-corrected chi connectivity index (χ3v) is 6.06. The van der Waals surface area contributed by atoms with Gasteiger partial charge in [0, 0.05) is 24.8 Å². The average molecular weight is 411 g/mol. The van der Waals surface area contributed by atoms with Crippen LogP contribution in [0, 0.1) is 13.8 Å². The van der Waals surface area contributed by atoms with Crippen LogP contribution >= 0.6 is 11.8 Å². The van der Waals surface area contributed by atoms with Crippen LogP contribution in [0.25, 0.3) is 5.69 Å². The molecule has 0 spiro atoms. The number of H-pyrrole nitrogens is 1. The lowest BCUT2D eigenvalue weighted by Gasteiger charge is -2.13. The molecule has 29 heavy (non-hydrogen) atoms. The third kappa shape index (κ3) is 4.09. The highest BCUT2D eigenvalue weighted by atomic mass is 32.2. The number of carbonyl (C=O) groups is 2. The molecule has 150 valence electrons. The molecule has 1 aromatic carbocycles. The van der Waals surface area contributed by atoms with Crippen LogP contribution in [0.15, 0.2) is 35.6 Å². The van der Waals surface area contributed by atoms with Gasteiger partial charge in [-0.3, -0.25) is 9.59 Å². The van der Waals surface area contributed by atoms with Crippen molar-refractivity contribution in [3.8, 4) is 5.69 Å². The van der Waals surface area contributed by atoms with E-state index in [0.29, 0.717) is 16.4 Å². The Bertz CT molecular complexity index is 1050. The molecule has 1 saturated heterocycles. The lowest BCUT2D eigenvalue weighted by atomic mass is 10.1. The standard InChI is InChI=1S/C20H22N6O2S/c1-13-5-6-16(9-14(13)2)26-20(22-23-24-26)29-12-18(27)15-10-17(21-11-15)19(28)25-7-3-4-8-25/h5-6,9-11,21H,3-4,7-8,12H2,1-2H3. The Labute approximate surface area is 172 Å². The molecule has 0 unspecified atom stereocenters. The number of thioether (sulfide) groups is 1. The number of hydrogen-bond acceptors (Lipinski definition) is 6. The van der Waals surface area contributed by atoms with Gasteiger partial charge in [-0.05, 0) is 66.4 Å². The second-order valence-corrected chi connectivity index (χ2v) is 8.10. The van der Waals surface area contributed by atoms with Gasteiger partial charge in [0.15, 0.2) is 5.78 Å². The van der Waals surface area contributed by atoms with Gasteiger partial charge in [-0.15, -0.1) is 5.10 Å². The summed E-state index contributed by atoms with van der Waals surface area (Å²) in [5, 5.41) is 12.4. The fraction of sp³-hybridized carbons (Fsp3) is 0.350. The molecule has 3 aromatic rings. The van der Waals surface area contributed by atoms with Gasteiger partial charge in [-0.25, -0.2) is 0 Å². The Morgan fingerprint density at radius 1 is 1.14 bits per heavy atom. The number of carbonyl (C=O) groups excluding carboxylic acids is 2. The zero-order valence-electron chi connectivity index (χ0n) is 16.4. The lowest BCUT2D eigenvalue weighted by molar-refractivity contribution is 0.0787. The van der Waals surface area contributed by atoms with E-state index in [2.05, 4.69) is 20.5 Å². The number of aryl methyl sites for hydroxylation is 2. The summed E-state index contributed by atoms with van der Waals surface area (Å²) >= 11 is 1.27. The summed E-state index contributed by atoms with van der Waals surface area (Å²) in [6.07, 6.45) is 3.66. The fourth-order valence-electron chi connectivity index (χ4n) is 3.27. The number of hydrogen-bond donors (Lipinski definition) is 1. The molecule has 1 aliphatic heterocycles. The maximum atomic E-state index is 12.6. The lowest BCUT2D eigenvalue weighted by Crippen LogP contribution is -2.27. The summed E-state index contributed by atoms with van der Waals surface area (Å²) in [7, 11) is 0. The summed E-state index contributed by atoms with van der Waals surface area (Å²) in [5.74, 6) is 0.0506. The summed E-state index contributed by atoms with van der Waals surface area (Å²) in [6.45, 7) is 5.63. The van der Waals surface area contributed by atoms with E-state index in [1.807, 2.05) is 36.9 Å². The zero-order chi connectivity index (χ0) is 20.4. The Balaban J connectivity index is 1.42. The molecule has 1 aliphatic rings. The van der Waals surface area contributed by atoms with E-state index in [1.165, 1.54) is 17.3 Å². The Morgan fingerprint density at radius 3 is 2.69 bits per heavy atom. The van der Waals surface area contributed by atoms with Crippen LogP contribution < -0.4 is 0 Å². The number of nitrogens with one attached hydrogen (secondary N) is 1. The van der Waals surface area contributed by atoms with Gasteiger partial charge in [0.2, 0.25) is 5.16 Å². The number of amides is 1. The molecule has 4 rings (SSSR count). The Hall–Kier alpha value is -2.94. The predicted molar refractivity (Wildman–Crippen MR) is 110 cm³/mol. The number of likely N-dealkylation sites (tertiary alicyclic amines) is 1. The van der Waals surface area contributed by atoms with E-state index < -0.39 is 0 Å². The molecule has 0 atom stereocenters. The van der Waals surface area contributed by atoms with E-state index in [0.717, 1.165) is 37.2 Å². The molecule has 1 fully saturated rings. The van der Waals surface area contributed by atoms with E-state index in [1.54, 1.807) is 16.9 Å². The van der Waals surface area contributed by atoms with Gasteiger partial charge >= 0.3 is 0 Å². The van der Waals surface area contributed by atoms with Crippen LogP contribution in [0.5, 0.6) is 0 Å². The first-order chi connectivity index (χ1) is 14.0. The number of benzene rings is 1. The number of nitrogens with zero attached hydrogens (tertiary/aromatic N) is 5. The van der Waals surface area contributed by atoms with Gasteiger partial charge in [-0.2, -0.15) is 4.68 Å². The minimum atomic E-state index is -0.0821. The van der Waals surface area contributed by atoms with Crippen molar-refractivity contribution in [1.82, 2.24) is 30.1 Å². The molecule has 0 radical (unpaired) electrons. The van der Waals surface area contributed by atoms with Gasteiger partial charge < -0.3 is 9.88 Å². The number of Topliss-reactive ketones (excluding diaryl/α,β-unsaturated/α-hetero) is 1. The van der Waals surface area contributed by atoms with Crippen LogP contribution in [-0.4, -0.2) is 60.6 Å². The Kier molecular flexibility index (Phi) is 5.48. The summed E-state index contributed by atoms with van der Waals surface area (Å²) < 4.78 is 1.63. The first-order valence-electron chi connectivity index (χ1n) is 9.52. The van der Waals surface area contributed by atoms with E-state index in [9.17, 15) is 9.59 Å². The zero-order valence-corrected chi connectivity index (χ0v) is 17.2. The normalized spacial score (nSPS) is 13.8. The first kappa shape index (κ1) is 19.4. The van der Waals surface area contributed by atoms with Crippen molar-refractivity contribution < 1.29 is 9.59 Å². The highest BCUT2D eigenvalue weighted by Gasteiger charge is 2.22. The number of tetrazole rings is 1. The quantitative estimate of drug-likeness (QED) is 0.496. The SMILES string of the molecule is Cc1ccc(-n2nnnc2SCC(=O)c2c[nH]c(C(=O)N3CCCC3)c2)cc1C. The molecule has 2 aromatic heterocycles. The van der Waals surface area contributed by atoms with E-state index >= 15 is 0 Å². The molecule has 9 heteroatoms. The fourth-order valence-corrected chi connectivity index (χ4v) is 4.06. The minimum absolute atomic E-state index is 0.0483. The molecule has 1 N–H and O–H groups in total. The Morgan fingerprint density at radius 2 is 1.93 bits per heavy atom. The van der Waals surface area contributed by atoms with Crippen molar-refractivity contribution in [3.05, 3.63) is 52.8 Å². The smallest absolute Gasteiger partial charge is 0.270 e. The van der Waals surface area contributed by atoms with Crippen LogP contribution in [0.4, 0.5) is 0 Å². The van der Waals surface area contributed by atoms with Gasteiger partial charge in [0.25, 0.3) is 5.91 Å². The number of rotatable bonds is 6. The van der Waals surface area contributed by atoms with Crippen molar-refractivity contribution >= 4 is 23.5 Å². The van der Waals surface area contributed by atoms with Crippen LogP contribution in [0.3, 0.4) is 0 Å². The molecule has 8 nitrogen and oxygen atoms in total. The summed E-state index contributed by atoms with van der Waals surface area (Å²) in [4.78, 5) is 29.8. The minimum Gasteiger partial charge on any atom is -0.356 e. The predicted octanol–water partition coefficient (Wildman–Crippen LogP) is 2.82. The van der Waals surface area contributed by atoms with Crippen LogP contribution in [0.2, 0.25) is 0 Å². The van der Waals surface area contributed by atoms with Crippen LogP contribution in [-0.2, 0) is 0 Å². The topological polar surface area (TPSA) is 96.8 Å². The molecule has 0 saturated carbocycles. The molecule has 3 heterocycles. The van der Waals surface area contributed by atoms with Crippen molar-refractivity contribution in [1.29, 1.82) is 0 Å². The molecular formula is C20H22N6O2S. The van der Waals surface area contributed by atoms with Crippen LogP contribution in [0.1, 0.15) is 44.8 Å². The maximum Gasteiger partial charge on any atom is 0.270 e. The van der Waals surface area contributed by atoms with Crippen molar-refractivity contribution in [2.75, 3.05) is 18.8 Å². The average Bonchev–Trinajstić information content (AvgIpc) is 3.48. The van der Waals surface area contributed by atoms with Gasteiger partial charge in [0.05, 0.1) is 11.4 Å². The number of ketones is 1. The first-order valence-corrected chi connectivity index (χ1v) is 10.5. The molecule has 0 bridgehead atoms. The highest BCUT2D eigenvalue weighted by Crippen LogP contribution is 2.21. The molecular weight excluding hydrogens is 388 g/mol. The summed E-state index contributed by atoms with van der Waals surface area (Å²) in [6, 6.07) is 7.62. The third-order valence-electron chi connectivity index (χ3n) is 5.14. The van der Waals surface area contributed by atoms with Crippen molar-refractivity contribution in [2.45, 2.75) is 31.8 Å². The maximum absolute atomic E-state index is 12.6. The van der Waals surface area contributed by atoms with E-state index in [-0.39, 0.29) is 17.4 Å². The van der Waals surface area contributed by atoms with E-state index in [4.69, 9.17) is 0 Å². The number of aromatic amines is 1. The largest absolute Gasteiger partial charge is 0.356 e. The van der Waals surface area contributed by atoms with Gasteiger partial charge in [0.1, 0.15) is 5.69 Å². The van der Waals surface area contributed by atoms with Crippen molar-refractivity contribution in [2.24, 2.45) is 0 Å². The van der Waals surface area contributed by atoms with Crippen molar-refractivity contribution in [3.63, 3.8) is 0 Å².